The standard InChI is InChI=1S/C19H16O8/c1-26-18(24)14-8-10(3-5-12(14)16(20)21)7-11-4-6-13(17(22)23)15(9-11)19(25)27-2/h3-6,8-9H,7H2,1-2H3,(H,20,21)(H,22,23). The zero-order chi connectivity index (χ0) is 20.1. The van der Waals surface area contributed by atoms with Crippen molar-refractivity contribution in [1.82, 2.24) is 0 Å². The molecule has 27 heavy (non-hydrogen) atoms. The number of carboxylic acids is 2. The molecule has 0 saturated heterocycles. The number of hydrogen-bond acceptors (Lipinski definition) is 6. The summed E-state index contributed by atoms with van der Waals surface area (Å²) < 4.78 is 9.22. The number of carbonyl (C=O) groups is 4. The molecule has 0 unspecified atom stereocenters. The van der Waals surface area contributed by atoms with Crippen molar-refractivity contribution >= 4 is 23.9 Å². The lowest BCUT2D eigenvalue weighted by molar-refractivity contribution is 0.0580. The second-order valence-corrected chi connectivity index (χ2v) is 5.53. The van der Waals surface area contributed by atoms with Gasteiger partial charge in [-0.2, -0.15) is 0 Å². The van der Waals surface area contributed by atoms with Gasteiger partial charge in [-0.3, -0.25) is 0 Å². The summed E-state index contributed by atoms with van der Waals surface area (Å²) in [5, 5.41) is 18.4. The molecule has 0 fully saturated rings. The van der Waals surface area contributed by atoms with Gasteiger partial charge in [0, 0.05) is 0 Å². The Labute approximate surface area is 154 Å². The van der Waals surface area contributed by atoms with Gasteiger partial charge < -0.3 is 19.7 Å². The molecule has 0 radical (unpaired) electrons. The molecule has 2 rings (SSSR count). The third-order valence-electron chi connectivity index (χ3n) is 3.85. The van der Waals surface area contributed by atoms with E-state index in [1.807, 2.05) is 0 Å². The van der Waals surface area contributed by atoms with E-state index < -0.39 is 23.9 Å². The number of carbonyl (C=O) groups excluding carboxylic acids is 2. The second-order valence-electron chi connectivity index (χ2n) is 5.53. The molecule has 0 spiro atoms. The number of hydrogen-bond donors (Lipinski definition) is 2. The normalized spacial score (nSPS) is 10.1. The first-order chi connectivity index (χ1) is 12.8. The van der Waals surface area contributed by atoms with Gasteiger partial charge in [0.2, 0.25) is 0 Å². The quantitative estimate of drug-likeness (QED) is 0.739. The van der Waals surface area contributed by atoms with Gasteiger partial charge >= 0.3 is 23.9 Å². The van der Waals surface area contributed by atoms with Crippen molar-refractivity contribution < 1.29 is 38.9 Å². The van der Waals surface area contributed by atoms with Crippen LogP contribution in [-0.2, 0) is 15.9 Å². The van der Waals surface area contributed by atoms with Crippen LogP contribution in [0.25, 0.3) is 0 Å². The molecular formula is C19H16O8. The molecule has 0 amide bonds. The summed E-state index contributed by atoms with van der Waals surface area (Å²) in [6.45, 7) is 0. The lowest BCUT2D eigenvalue weighted by Gasteiger charge is -2.10. The average molecular weight is 372 g/mol. The van der Waals surface area contributed by atoms with Crippen LogP contribution >= 0.6 is 0 Å². The number of rotatable bonds is 6. The van der Waals surface area contributed by atoms with Crippen LogP contribution in [0.15, 0.2) is 36.4 Å². The summed E-state index contributed by atoms with van der Waals surface area (Å²) in [7, 11) is 2.29. The summed E-state index contributed by atoms with van der Waals surface area (Å²) >= 11 is 0. The maximum Gasteiger partial charge on any atom is 0.338 e. The first-order valence-corrected chi connectivity index (χ1v) is 7.67. The molecule has 0 saturated carbocycles. The summed E-state index contributed by atoms with van der Waals surface area (Å²) in [6, 6.07) is 8.40. The molecule has 8 heteroatoms. The van der Waals surface area contributed by atoms with Gasteiger partial charge in [-0.1, -0.05) is 12.1 Å². The van der Waals surface area contributed by atoms with Crippen molar-refractivity contribution in [3.05, 3.63) is 69.8 Å². The molecule has 0 heterocycles. The number of aromatic carboxylic acids is 2. The van der Waals surface area contributed by atoms with Crippen LogP contribution in [0.3, 0.4) is 0 Å². The number of benzene rings is 2. The van der Waals surface area contributed by atoms with Gasteiger partial charge in [-0.25, -0.2) is 19.2 Å². The largest absolute Gasteiger partial charge is 0.478 e. The molecule has 0 aliphatic rings. The third-order valence-corrected chi connectivity index (χ3v) is 3.85. The summed E-state index contributed by atoms with van der Waals surface area (Å²) in [5.74, 6) is -4.10. The molecule has 0 atom stereocenters. The molecule has 2 aromatic carbocycles. The minimum absolute atomic E-state index is 0.0992. The monoisotopic (exact) mass is 372 g/mol. The molecule has 2 aromatic rings. The van der Waals surface area contributed by atoms with Gasteiger partial charge in [0.15, 0.2) is 0 Å². The average Bonchev–Trinajstić information content (AvgIpc) is 2.66. The van der Waals surface area contributed by atoms with Gasteiger partial charge in [0.05, 0.1) is 36.5 Å². The van der Waals surface area contributed by atoms with Crippen LogP contribution in [0.5, 0.6) is 0 Å². The van der Waals surface area contributed by atoms with Crippen LogP contribution in [-0.4, -0.2) is 48.3 Å². The van der Waals surface area contributed by atoms with E-state index in [9.17, 15) is 29.4 Å². The lowest BCUT2D eigenvalue weighted by atomic mass is 9.96. The number of methoxy groups -OCH3 is 2. The van der Waals surface area contributed by atoms with Crippen molar-refractivity contribution in [2.75, 3.05) is 14.2 Å². The van der Waals surface area contributed by atoms with Crippen LogP contribution in [0, 0.1) is 0 Å². The highest BCUT2D eigenvalue weighted by atomic mass is 16.5. The van der Waals surface area contributed by atoms with E-state index in [4.69, 9.17) is 0 Å². The fourth-order valence-electron chi connectivity index (χ4n) is 2.57. The highest BCUT2D eigenvalue weighted by molar-refractivity contribution is 6.03. The molecule has 140 valence electrons. The Morgan fingerprint density at radius 2 is 1.07 bits per heavy atom. The maximum absolute atomic E-state index is 11.8. The smallest absolute Gasteiger partial charge is 0.338 e. The summed E-state index contributed by atoms with van der Waals surface area (Å²) in [4.78, 5) is 46.2. The second kappa shape index (κ2) is 8.13. The van der Waals surface area contributed by atoms with Crippen LogP contribution in [0.1, 0.15) is 52.6 Å². The Hall–Kier alpha value is -3.68. The Morgan fingerprint density at radius 3 is 1.37 bits per heavy atom. The highest BCUT2D eigenvalue weighted by Gasteiger charge is 2.20. The van der Waals surface area contributed by atoms with Crippen molar-refractivity contribution in [2.45, 2.75) is 6.42 Å². The van der Waals surface area contributed by atoms with E-state index >= 15 is 0 Å². The van der Waals surface area contributed by atoms with Crippen LogP contribution in [0.2, 0.25) is 0 Å². The molecule has 0 aromatic heterocycles. The molecule has 8 nitrogen and oxygen atoms in total. The lowest BCUT2D eigenvalue weighted by Crippen LogP contribution is -2.12. The van der Waals surface area contributed by atoms with E-state index in [1.54, 1.807) is 0 Å². The third kappa shape index (κ3) is 4.30. The van der Waals surface area contributed by atoms with E-state index in [0.717, 1.165) is 14.2 Å². The van der Waals surface area contributed by atoms with Crippen molar-refractivity contribution in [2.24, 2.45) is 0 Å². The predicted molar refractivity (Wildman–Crippen MR) is 92.3 cm³/mol. The number of esters is 2. The van der Waals surface area contributed by atoms with E-state index in [1.165, 1.54) is 36.4 Å². The van der Waals surface area contributed by atoms with Crippen molar-refractivity contribution in [3.63, 3.8) is 0 Å². The van der Waals surface area contributed by atoms with E-state index in [0.29, 0.717) is 11.1 Å². The predicted octanol–water partition coefficient (Wildman–Crippen LogP) is 2.25. The van der Waals surface area contributed by atoms with Gasteiger partial charge in [0.1, 0.15) is 0 Å². The topological polar surface area (TPSA) is 127 Å². The van der Waals surface area contributed by atoms with E-state index in [-0.39, 0.29) is 28.7 Å². The minimum Gasteiger partial charge on any atom is -0.478 e. The molecule has 0 bridgehead atoms. The highest BCUT2D eigenvalue weighted by Crippen LogP contribution is 2.20. The number of carboxylic acid groups (broad SMARTS) is 2. The van der Waals surface area contributed by atoms with Gasteiger partial charge in [-0.05, 0) is 41.8 Å². The number of ether oxygens (including phenoxy) is 2. The zero-order valence-corrected chi connectivity index (χ0v) is 14.5. The Morgan fingerprint density at radius 1 is 0.704 bits per heavy atom. The zero-order valence-electron chi connectivity index (χ0n) is 14.5. The Balaban J connectivity index is 2.45. The molecule has 2 N–H and O–H groups in total. The Bertz CT molecular complexity index is 854. The fourth-order valence-corrected chi connectivity index (χ4v) is 2.57. The van der Waals surface area contributed by atoms with Gasteiger partial charge in [0.25, 0.3) is 0 Å². The molecule has 0 aliphatic heterocycles. The van der Waals surface area contributed by atoms with E-state index in [2.05, 4.69) is 9.47 Å². The van der Waals surface area contributed by atoms with Crippen LogP contribution in [0.4, 0.5) is 0 Å². The summed E-state index contributed by atoms with van der Waals surface area (Å²) in [5.41, 5.74) is 0.582. The SMILES string of the molecule is COC(=O)c1cc(Cc2ccc(C(=O)O)c(C(=O)OC)c2)ccc1C(=O)O. The van der Waals surface area contributed by atoms with Crippen molar-refractivity contribution in [1.29, 1.82) is 0 Å². The van der Waals surface area contributed by atoms with Crippen molar-refractivity contribution in [3.8, 4) is 0 Å². The first-order valence-electron chi connectivity index (χ1n) is 7.67. The molecule has 0 aliphatic carbocycles. The fraction of sp³-hybridized carbons (Fsp3) is 0.158. The minimum atomic E-state index is -1.26. The first kappa shape index (κ1) is 19.6. The molecular weight excluding hydrogens is 356 g/mol. The maximum atomic E-state index is 11.8. The Kier molecular flexibility index (Phi) is 5.92. The van der Waals surface area contributed by atoms with Crippen LogP contribution < -0.4 is 0 Å². The van der Waals surface area contributed by atoms with Gasteiger partial charge in [-0.15, -0.1) is 0 Å². The summed E-state index contributed by atoms with van der Waals surface area (Å²) in [6.07, 6.45) is 0.230.